The standard InChI is InChI=1S/C23H26N2O4/c1-23(2,3)29-22(28)24(4)20(21(26)27)14-16-15-25(17-10-6-5-7-11-17)19-13-9-8-12-18(16)19/h5-13,15,20H,14H2,1-4H3,(H,26,27)/t20-/m0/s1. The minimum atomic E-state index is -1.07. The second kappa shape index (κ2) is 7.99. The number of benzene rings is 2. The van der Waals surface area contributed by atoms with E-state index in [1.54, 1.807) is 20.8 Å². The molecule has 0 aliphatic rings. The van der Waals surface area contributed by atoms with Gasteiger partial charge in [-0.1, -0.05) is 36.4 Å². The van der Waals surface area contributed by atoms with Crippen molar-refractivity contribution >= 4 is 23.0 Å². The van der Waals surface area contributed by atoms with Crippen LogP contribution in [0.4, 0.5) is 4.79 Å². The van der Waals surface area contributed by atoms with Crippen molar-refractivity contribution in [2.45, 2.75) is 38.8 Å². The van der Waals surface area contributed by atoms with E-state index in [1.807, 2.05) is 65.4 Å². The van der Waals surface area contributed by atoms with Gasteiger partial charge in [0.05, 0.1) is 5.52 Å². The van der Waals surface area contributed by atoms with Crippen molar-refractivity contribution in [2.75, 3.05) is 7.05 Å². The van der Waals surface area contributed by atoms with E-state index >= 15 is 0 Å². The number of para-hydroxylation sites is 2. The summed E-state index contributed by atoms with van der Waals surface area (Å²) in [7, 11) is 1.46. The molecule has 1 N–H and O–H groups in total. The van der Waals surface area contributed by atoms with Crippen molar-refractivity contribution in [3.8, 4) is 5.69 Å². The Labute approximate surface area is 170 Å². The van der Waals surface area contributed by atoms with E-state index in [2.05, 4.69) is 0 Å². The van der Waals surface area contributed by atoms with Crippen molar-refractivity contribution in [2.24, 2.45) is 0 Å². The molecule has 29 heavy (non-hydrogen) atoms. The number of aliphatic carboxylic acids is 1. The number of fused-ring (bicyclic) bond motifs is 1. The lowest BCUT2D eigenvalue weighted by molar-refractivity contribution is -0.142. The van der Waals surface area contributed by atoms with Crippen LogP contribution < -0.4 is 0 Å². The lowest BCUT2D eigenvalue weighted by Crippen LogP contribution is -2.46. The highest BCUT2D eigenvalue weighted by molar-refractivity contribution is 5.87. The summed E-state index contributed by atoms with van der Waals surface area (Å²) in [5.41, 5.74) is 2.13. The number of ether oxygens (including phenoxy) is 1. The summed E-state index contributed by atoms with van der Waals surface area (Å²) in [6.07, 6.45) is 1.46. The summed E-state index contributed by atoms with van der Waals surface area (Å²) in [5.74, 6) is -1.07. The van der Waals surface area contributed by atoms with Crippen molar-refractivity contribution in [3.63, 3.8) is 0 Å². The van der Waals surface area contributed by atoms with Gasteiger partial charge in [0.1, 0.15) is 11.6 Å². The van der Waals surface area contributed by atoms with Gasteiger partial charge in [-0.2, -0.15) is 0 Å². The van der Waals surface area contributed by atoms with Crippen molar-refractivity contribution in [1.82, 2.24) is 9.47 Å². The molecule has 0 aliphatic carbocycles. The molecule has 6 nitrogen and oxygen atoms in total. The van der Waals surface area contributed by atoms with E-state index in [1.165, 1.54) is 7.05 Å². The van der Waals surface area contributed by atoms with Crippen LogP contribution in [0.25, 0.3) is 16.6 Å². The predicted molar refractivity (Wildman–Crippen MR) is 112 cm³/mol. The Balaban J connectivity index is 1.97. The SMILES string of the molecule is CN(C(=O)OC(C)(C)C)[C@@H](Cc1cn(-c2ccccc2)c2ccccc12)C(=O)O. The number of carbonyl (C=O) groups excluding carboxylic acids is 1. The molecule has 0 radical (unpaired) electrons. The molecular weight excluding hydrogens is 368 g/mol. The van der Waals surface area contributed by atoms with Crippen LogP contribution in [0.2, 0.25) is 0 Å². The minimum absolute atomic E-state index is 0.172. The van der Waals surface area contributed by atoms with Gasteiger partial charge in [-0.05, 0) is 44.5 Å². The summed E-state index contributed by atoms with van der Waals surface area (Å²) < 4.78 is 7.39. The van der Waals surface area contributed by atoms with E-state index < -0.39 is 23.7 Å². The predicted octanol–water partition coefficient (Wildman–Crippen LogP) is 4.49. The van der Waals surface area contributed by atoms with Gasteiger partial charge in [-0.25, -0.2) is 9.59 Å². The van der Waals surface area contributed by atoms with E-state index in [4.69, 9.17) is 4.74 Å². The first-order valence-corrected chi connectivity index (χ1v) is 9.50. The van der Waals surface area contributed by atoms with Crippen LogP contribution in [0.1, 0.15) is 26.3 Å². The van der Waals surface area contributed by atoms with Gasteiger partial charge in [-0.15, -0.1) is 0 Å². The van der Waals surface area contributed by atoms with Gasteiger partial charge in [-0.3, -0.25) is 4.90 Å². The van der Waals surface area contributed by atoms with Crippen LogP contribution in [0, 0.1) is 0 Å². The number of rotatable bonds is 5. The Morgan fingerprint density at radius 1 is 1.07 bits per heavy atom. The molecule has 152 valence electrons. The van der Waals surface area contributed by atoms with Gasteiger partial charge in [0.15, 0.2) is 0 Å². The fourth-order valence-corrected chi connectivity index (χ4v) is 3.27. The Kier molecular flexibility index (Phi) is 5.64. The minimum Gasteiger partial charge on any atom is -0.480 e. The third kappa shape index (κ3) is 4.59. The summed E-state index contributed by atoms with van der Waals surface area (Å²) in [5, 5.41) is 10.8. The zero-order valence-electron chi connectivity index (χ0n) is 17.1. The molecule has 3 aromatic rings. The van der Waals surface area contributed by atoms with Crippen LogP contribution >= 0.6 is 0 Å². The quantitative estimate of drug-likeness (QED) is 0.692. The average molecular weight is 394 g/mol. The largest absolute Gasteiger partial charge is 0.480 e. The Bertz CT molecular complexity index is 1020. The highest BCUT2D eigenvalue weighted by Gasteiger charge is 2.31. The molecule has 0 aliphatic heterocycles. The number of likely N-dealkylation sites (N-methyl/N-ethyl adjacent to an activating group) is 1. The van der Waals surface area contributed by atoms with Gasteiger partial charge in [0.2, 0.25) is 0 Å². The zero-order valence-corrected chi connectivity index (χ0v) is 17.1. The highest BCUT2D eigenvalue weighted by Crippen LogP contribution is 2.27. The normalized spacial score (nSPS) is 12.6. The molecule has 0 unspecified atom stereocenters. The maximum absolute atomic E-state index is 12.4. The summed E-state index contributed by atoms with van der Waals surface area (Å²) in [6, 6.07) is 16.7. The fourth-order valence-electron chi connectivity index (χ4n) is 3.27. The molecule has 0 spiro atoms. The fraction of sp³-hybridized carbons (Fsp3) is 0.304. The van der Waals surface area contributed by atoms with Crippen LogP contribution in [0.3, 0.4) is 0 Å². The number of hydrogen-bond acceptors (Lipinski definition) is 3. The van der Waals surface area contributed by atoms with Crippen molar-refractivity contribution in [3.05, 3.63) is 66.4 Å². The topological polar surface area (TPSA) is 71.8 Å². The molecule has 2 aromatic carbocycles. The maximum Gasteiger partial charge on any atom is 0.410 e. The molecule has 1 atom stereocenters. The van der Waals surface area contributed by atoms with E-state index in [9.17, 15) is 14.7 Å². The lowest BCUT2D eigenvalue weighted by atomic mass is 10.0. The van der Waals surface area contributed by atoms with Gasteiger partial charge in [0, 0.05) is 30.7 Å². The number of carboxylic acid groups (broad SMARTS) is 1. The average Bonchev–Trinajstić information content (AvgIpc) is 3.03. The third-order valence-electron chi connectivity index (χ3n) is 4.68. The number of aromatic nitrogens is 1. The Morgan fingerprint density at radius 3 is 2.31 bits per heavy atom. The van der Waals surface area contributed by atoms with Crippen molar-refractivity contribution < 1.29 is 19.4 Å². The second-order valence-corrected chi connectivity index (χ2v) is 8.03. The number of amides is 1. The van der Waals surface area contributed by atoms with Gasteiger partial charge in [0.25, 0.3) is 0 Å². The molecule has 1 amide bonds. The zero-order chi connectivity index (χ0) is 21.2. The van der Waals surface area contributed by atoms with Crippen LogP contribution in [0.5, 0.6) is 0 Å². The molecule has 6 heteroatoms. The first-order valence-electron chi connectivity index (χ1n) is 9.50. The van der Waals surface area contributed by atoms with Crippen LogP contribution in [-0.2, 0) is 16.0 Å². The van der Waals surface area contributed by atoms with E-state index in [0.29, 0.717) is 0 Å². The van der Waals surface area contributed by atoms with Crippen molar-refractivity contribution in [1.29, 1.82) is 0 Å². The second-order valence-electron chi connectivity index (χ2n) is 8.03. The molecule has 0 fully saturated rings. The third-order valence-corrected chi connectivity index (χ3v) is 4.68. The Morgan fingerprint density at radius 2 is 1.69 bits per heavy atom. The monoisotopic (exact) mass is 394 g/mol. The smallest absolute Gasteiger partial charge is 0.410 e. The number of carboxylic acids is 1. The number of carbonyl (C=O) groups is 2. The van der Waals surface area contributed by atoms with Crippen LogP contribution in [-0.4, -0.2) is 45.3 Å². The molecule has 1 heterocycles. The maximum atomic E-state index is 12.4. The van der Waals surface area contributed by atoms with Gasteiger partial charge < -0.3 is 14.4 Å². The van der Waals surface area contributed by atoms with Crippen LogP contribution in [0.15, 0.2) is 60.8 Å². The molecule has 0 saturated carbocycles. The first kappa shape index (κ1) is 20.5. The first-order chi connectivity index (χ1) is 13.7. The summed E-state index contributed by atoms with van der Waals surface area (Å²) >= 11 is 0. The molecule has 0 bridgehead atoms. The summed E-state index contributed by atoms with van der Waals surface area (Å²) in [4.78, 5) is 25.5. The number of nitrogens with zero attached hydrogens (tertiary/aromatic N) is 2. The van der Waals surface area contributed by atoms with E-state index in [-0.39, 0.29) is 6.42 Å². The Hall–Kier alpha value is -3.28. The molecule has 0 saturated heterocycles. The van der Waals surface area contributed by atoms with Gasteiger partial charge >= 0.3 is 12.1 Å². The van der Waals surface area contributed by atoms with E-state index in [0.717, 1.165) is 27.1 Å². The molecular formula is C23H26N2O4. The lowest BCUT2D eigenvalue weighted by Gasteiger charge is -2.28. The highest BCUT2D eigenvalue weighted by atomic mass is 16.6. The summed E-state index contributed by atoms with van der Waals surface area (Å²) in [6.45, 7) is 5.26. The molecule has 1 aromatic heterocycles. The number of hydrogen-bond donors (Lipinski definition) is 1. The molecule has 3 rings (SSSR count).